The Balaban J connectivity index is 1.46. The van der Waals surface area contributed by atoms with E-state index in [2.05, 4.69) is 39.4 Å². The lowest BCUT2D eigenvalue weighted by Crippen LogP contribution is -2.46. The Hall–Kier alpha value is -2.70. The highest BCUT2D eigenvalue weighted by Gasteiger charge is 2.24. The summed E-state index contributed by atoms with van der Waals surface area (Å²) in [6, 6.07) is 17.5. The van der Waals surface area contributed by atoms with Crippen molar-refractivity contribution in [2.75, 3.05) is 33.3 Å². The number of hydrogen-bond acceptors (Lipinski definition) is 5. The molecule has 6 nitrogen and oxygen atoms in total. The SMILES string of the molecule is COC(=O)c1ccc(CNC(=O)C(C)N2CCCN(Cc3ccccc3)CC2)cc1. The molecule has 1 heterocycles. The first kappa shape index (κ1) is 22.0. The molecule has 3 rings (SSSR count). The molecule has 0 bridgehead atoms. The molecule has 1 aliphatic heterocycles. The van der Waals surface area contributed by atoms with Crippen LogP contribution >= 0.6 is 0 Å². The van der Waals surface area contributed by atoms with Gasteiger partial charge >= 0.3 is 5.97 Å². The predicted octanol–water partition coefficient (Wildman–Crippen LogP) is 2.69. The Morgan fingerprint density at radius 3 is 2.40 bits per heavy atom. The van der Waals surface area contributed by atoms with E-state index in [-0.39, 0.29) is 17.9 Å². The Labute approximate surface area is 178 Å². The molecule has 0 aromatic heterocycles. The number of esters is 1. The molecule has 1 N–H and O–H groups in total. The van der Waals surface area contributed by atoms with Crippen LogP contribution in [-0.2, 0) is 22.6 Å². The standard InChI is InChI=1S/C24H31N3O3/c1-19(23(28)25-17-20-9-11-22(12-10-20)24(29)30-2)27-14-6-13-26(15-16-27)18-21-7-4-3-5-8-21/h3-5,7-12,19H,6,13-18H2,1-2H3,(H,25,28). The molecule has 1 amide bonds. The van der Waals surface area contributed by atoms with Crippen molar-refractivity contribution in [1.82, 2.24) is 15.1 Å². The van der Waals surface area contributed by atoms with Gasteiger partial charge in [-0.2, -0.15) is 0 Å². The maximum absolute atomic E-state index is 12.7. The summed E-state index contributed by atoms with van der Waals surface area (Å²) < 4.78 is 4.71. The summed E-state index contributed by atoms with van der Waals surface area (Å²) in [6.07, 6.45) is 1.06. The average molecular weight is 410 g/mol. The topological polar surface area (TPSA) is 61.9 Å². The number of ether oxygens (including phenoxy) is 1. The van der Waals surface area contributed by atoms with Gasteiger partial charge in [0.1, 0.15) is 0 Å². The van der Waals surface area contributed by atoms with E-state index in [1.807, 2.05) is 25.1 Å². The molecule has 1 aliphatic rings. The normalized spacial score (nSPS) is 16.5. The summed E-state index contributed by atoms with van der Waals surface area (Å²) in [7, 11) is 1.36. The van der Waals surface area contributed by atoms with Gasteiger partial charge in [-0.3, -0.25) is 14.6 Å². The highest BCUT2D eigenvalue weighted by molar-refractivity contribution is 5.89. The lowest BCUT2D eigenvalue weighted by atomic mass is 10.1. The first-order valence-corrected chi connectivity index (χ1v) is 10.5. The molecule has 1 saturated heterocycles. The van der Waals surface area contributed by atoms with Gasteiger partial charge in [-0.05, 0) is 43.1 Å². The van der Waals surface area contributed by atoms with Gasteiger partial charge in [-0.1, -0.05) is 42.5 Å². The second-order valence-electron chi connectivity index (χ2n) is 7.73. The first-order chi connectivity index (χ1) is 14.6. The number of hydrogen-bond donors (Lipinski definition) is 1. The molecular weight excluding hydrogens is 378 g/mol. The van der Waals surface area contributed by atoms with E-state index in [0.29, 0.717) is 12.1 Å². The van der Waals surface area contributed by atoms with Crippen molar-refractivity contribution in [1.29, 1.82) is 0 Å². The monoisotopic (exact) mass is 409 g/mol. The van der Waals surface area contributed by atoms with Gasteiger partial charge in [0.2, 0.25) is 5.91 Å². The highest BCUT2D eigenvalue weighted by Crippen LogP contribution is 2.12. The molecule has 30 heavy (non-hydrogen) atoms. The van der Waals surface area contributed by atoms with Gasteiger partial charge in [-0.25, -0.2) is 4.79 Å². The lowest BCUT2D eigenvalue weighted by molar-refractivity contribution is -0.126. The van der Waals surface area contributed by atoms with Gasteiger partial charge in [-0.15, -0.1) is 0 Å². The molecule has 2 aromatic carbocycles. The minimum atomic E-state index is -0.360. The number of carbonyl (C=O) groups is 2. The van der Waals surface area contributed by atoms with Gasteiger partial charge in [0, 0.05) is 32.7 Å². The average Bonchev–Trinajstić information content (AvgIpc) is 3.03. The van der Waals surface area contributed by atoms with Gasteiger partial charge in [0.25, 0.3) is 0 Å². The second-order valence-corrected chi connectivity index (χ2v) is 7.73. The molecule has 0 spiro atoms. The molecular formula is C24H31N3O3. The summed E-state index contributed by atoms with van der Waals surface area (Å²) in [5.41, 5.74) is 2.79. The van der Waals surface area contributed by atoms with E-state index < -0.39 is 0 Å². The number of rotatable bonds is 7. The molecule has 1 unspecified atom stereocenters. The fourth-order valence-corrected chi connectivity index (χ4v) is 3.76. The summed E-state index contributed by atoms with van der Waals surface area (Å²) >= 11 is 0. The Bertz CT molecular complexity index is 823. The Morgan fingerprint density at radius 2 is 1.70 bits per heavy atom. The van der Waals surface area contributed by atoms with Crippen LogP contribution in [0.5, 0.6) is 0 Å². The number of nitrogens with zero attached hydrogens (tertiary/aromatic N) is 2. The fourth-order valence-electron chi connectivity index (χ4n) is 3.76. The number of amides is 1. The maximum Gasteiger partial charge on any atom is 0.337 e. The van der Waals surface area contributed by atoms with Crippen LogP contribution in [0.25, 0.3) is 0 Å². The molecule has 0 saturated carbocycles. The van der Waals surface area contributed by atoms with Crippen LogP contribution in [0.2, 0.25) is 0 Å². The number of benzene rings is 2. The van der Waals surface area contributed by atoms with Gasteiger partial charge in [0.05, 0.1) is 18.7 Å². The third kappa shape index (κ3) is 6.15. The van der Waals surface area contributed by atoms with Crippen LogP contribution in [-0.4, -0.2) is 61.0 Å². The van der Waals surface area contributed by atoms with Crippen molar-refractivity contribution >= 4 is 11.9 Å². The van der Waals surface area contributed by atoms with E-state index >= 15 is 0 Å². The second kappa shape index (κ2) is 10.9. The van der Waals surface area contributed by atoms with E-state index in [1.54, 1.807) is 12.1 Å². The molecule has 1 atom stereocenters. The van der Waals surface area contributed by atoms with E-state index in [1.165, 1.54) is 12.7 Å². The number of carbonyl (C=O) groups excluding carboxylic acids is 2. The largest absolute Gasteiger partial charge is 0.465 e. The fraction of sp³-hybridized carbons (Fsp3) is 0.417. The van der Waals surface area contributed by atoms with E-state index in [0.717, 1.165) is 44.7 Å². The van der Waals surface area contributed by atoms with Crippen LogP contribution < -0.4 is 5.32 Å². The molecule has 160 valence electrons. The summed E-state index contributed by atoms with van der Waals surface area (Å²) in [6.45, 7) is 7.19. The van der Waals surface area contributed by atoms with Crippen LogP contribution in [0.4, 0.5) is 0 Å². The van der Waals surface area contributed by atoms with Crippen molar-refractivity contribution in [2.45, 2.75) is 32.5 Å². The van der Waals surface area contributed by atoms with Crippen molar-refractivity contribution in [3.8, 4) is 0 Å². The van der Waals surface area contributed by atoms with Crippen molar-refractivity contribution in [2.24, 2.45) is 0 Å². The van der Waals surface area contributed by atoms with E-state index in [9.17, 15) is 9.59 Å². The third-order valence-electron chi connectivity index (χ3n) is 5.64. The third-order valence-corrected chi connectivity index (χ3v) is 5.64. The maximum atomic E-state index is 12.7. The zero-order valence-electron chi connectivity index (χ0n) is 17.8. The molecule has 6 heteroatoms. The molecule has 1 fully saturated rings. The van der Waals surface area contributed by atoms with Crippen molar-refractivity contribution in [3.05, 3.63) is 71.3 Å². The van der Waals surface area contributed by atoms with Crippen molar-refractivity contribution in [3.63, 3.8) is 0 Å². The minimum absolute atomic E-state index is 0.0311. The number of methoxy groups -OCH3 is 1. The zero-order chi connectivity index (χ0) is 21.3. The smallest absolute Gasteiger partial charge is 0.337 e. The summed E-state index contributed by atoms with van der Waals surface area (Å²) in [5.74, 6) is -0.328. The number of nitrogens with one attached hydrogen (secondary N) is 1. The van der Waals surface area contributed by atoms with Crippen LogP contribution in [0.15, 0.2) is 54.6 Å². The zero-order valence-corrected chi connectivity index (χ0v) is 17.8. The van der Waals surface area contributed by atoms with Crippen LogP contribution in [0, 0.1) is 0 Å². The van der Waals surface area contributed by atoms with Crippen molar-refractivity contribution < 1.29 is 14.3 Å². The highest BCUT2D eigenvalue weighted by atomic mass is 16.5. The van der Waals surface area contributed by atoms with E-state index in [4.69, 9.17) is 4.74 Å². The minimum Gasteiger partial charge on any atom is -0.465 e. The van der Waals surface area contributed by atoms with Gasteiger partial charge < -0.3 is 10.1 Å². The quantitative estimate of drug-likeness (QED) is 0.713. The lowest BCUT2D eigenvalue weighted by Gasteiger charge is -2.27. The van der Waals surface area contributed by atoms with Crippen LogP contribution in [0.1, 0.15) is 34.8 Å². The molecule has 2 aromatic rings. The Kier molecular flexibility index (Phi) is 7.99. The summed E-state index contributed by atoms with van der Waals surface area (Å²) in [4.78, 5) is 28.9. The summed E-state index contributed by atoms with van der Waals surface area (Å²) in [5, 5.41) is 3.02. The van der Waals surface area contributed by atoms with Gasteiger partial charge in [0.15, 0.2) is 0 Å². The predicted molar refractivity (Wildman–Crippen MR) is 117 cm³/mol. The molecule has 0 radical (unpaired) electrons. The van der Waals surface area contributed by atoms with Crippen LogP contribution in [0.3, 0.4) is 0 Å². The Morgan fingerprint density at radius 1 is 0.967 bits per heavy atom. The molecule has 0 aliphatic carbocycles. The first-order valence-electron chi connectivity index (χ1n) is 10.5.